The van der Waals surface area contributed by atoms with E-state index < -0.39 is 66.9 Å². The summed E-state index contributed by atoms with van der Waals surface area (Å²) in [7, 11) is 0. The normalized spacial score (nSPS) is 25.0. The summed E-state index contributed by atoms with van der Waals surface area (Å²) in [6.45, 7) is 0.979. The highest BCUT2D eigenvalue weighted by atomic mass is 35.5. The number of carbonyl (C=O) groups excluding carboxylic acids is 5. The molecule has 0 N–H and O–H groups in total. The zero-order valence-electron chi connectivity index (χ0n) is 24.7. The number of ketones is 1. The van der Waals surface area contributed by atoms with Gasteiger partial charge in [-0.2, -0.15) is 5.01 Å². The molecule has 1 saturated carbocycles. The van der Waals surface area contributed by atoms with Gasteiger partial charge < -0.3 is 4.74 Å². The number of hydrazine groups is 1. The van der Waals surface area contributed by atoms with E-state index in [1.165, 1.54) is 24.3 Å². The van der Waals surface area contributed by atoms with Gasteiger partial charge >= 0.3 is 5.97 Å². The summed E-state index contributed by atoms with van der Waals surface area (Å²) in [5.74, 6) is -7.73. The molecule has 0 spiro atoms. The summed E-state index contributed by atoms with van der Waals surface area (Å²) in [4.78, 5) is 74.4. The van der Waals surface area contributed by atoms with Crippen molar-refractivity contribution in [3.8, 4) is 5.75 Å². The Morgan fingerprint density at radius 3 is 1.76 bits per heavy atom. The van der Waals surface area contributed by atoms with Crippen molar-refractivity contribution in [3.05, 3.63) is 115 Å². The summed E-state index contributed by atoms with van der Waals surface area (Å²) >= 11 is 39.5. The Labute approximate surface area is 307 Å². The quantitative estimate of drug-likeness (QED) is 0.0461. The van der Waals surface area contributed by atoms with Crippen LogP contribution in [0.2, 0.25) is 0 Å². The molecule has 3 aromatic rings. The van der Waals surface area contributed by atoms with E-state index in [4.69, 9.17) is 74.3 Å². The van der Waals surface area contributed by atoms with Gasteiger partial charge in [-0.05, 0) is 55.5 Å². The number of imide groups is 1. The van der Waals surface area contributed by atoms with Crippen LogP contribution in [0.4, 0.5) is 5.69 Å². The first-order valence-electron chi connectivity index (χ1n) is 14.1. The molecule has 17 heteroatoms. The van der Waals surface area contributed by atoms with Crippen molar-refractivity contribution in [1.29, 1.82) is 0 Å². The summed E-state index contributed by atoms with van der Waals surface area (Å²) < 4.78 is 3.14. The van der Waals surface area contributed by atoms with E-state index in [1.54, 1.807) is 24.3 Å². The molecule has 6 rings (SSSR count). The molecule has 3 aliphatic rings. The molecule has 3 amide bonds. The lowest BCUT2D eigenvalue weighted by molar-refractivity contribution is -0.384. The number of esters is 1. The molecule has 2 fully saturated rings. The molecule has 4 atom stereocenters. The Bertz CT molecular complexity index is 1960. The average Bonchev–Trinajstić information content (AvgIpc) is 3.46. The molecule has 1 heterocycles. The molecular formula is C32H19Cl6N3O8. The molecule has 1 aliphatic heterocycles. The minimum atomic E-state index is -2.24. The second kappa shape index (κ2) is 12.3. The van der Waals surface area contributed by atoms with Gasteiger partial charge in [-0.25, -0.2) is 9.80 Å². The van der Waals surface area contributed by atoms with Gasteiger partial charge in [0.25, 0.3) is 23.4 Å². The highest BCUT2D eigenvalue weighted by Crippen LogP contribution is 2.77. The number of fused-ring (bicyclic) bond motifs is 5. The van der Waals surface area contributed by atoms with E-state index in [9.17, 15) is 34.1 Å². The number of Topliss-reactive ketones (excluding diaryl/α,β-unsaturated/α-hetero) is 1. The zero-order valence-corrected chi connectivity index (χ0v) is 29.2. The number of aryl methyl sites for hydroxylation is 1. The van der Waals surface area contributed by atoms with Crippen LogP contribution in [0.3, 0.4) is 0 Å². The van der Waals surface area contributed by atoms with Gasteiger partial charge in [-0.1, -0.05) is 64.1 Å². The smallest absolute Gasteiger partial charge is 0.343 e. The molecule has 11 nitrogen and oxygen atoms in total. The van der Waals surface area contributed by atoms with Gasteiger partial charge in [0.1, 0.15) is 22.0 Å². The van der Waals surface area contributed by atoms with Gasteiger partial charge in [0.05, 0.1) is 32.4 Å². The van der Waals surface area contributed by atoms with Crippen LogP contribution in [0, 0.1) is 28.9 Å². The lowest BCUT2D eigenvalue weighted by atomic mass is 9.84. The molecule has 0 radical (unpaired) electrons. The lowest BCUT2D eigenvalue weighted by Gasteiger charge is -2.36. The Balaban J connectivity index is 1.32. The standard InChI is InChI=1S/C32H19Cl6N3O8/c1-15-2-4-18(5-3-15)29(46)49-20-12-8-16(9-13-20)21(42)14-39(26(43)17-6-10-19(11-7-17)41(47)48)40-27(44)22-23(28(40)45)31(36)25(34)24(33)30(22,35)32(31,37)38/h2-13,22-23H,14H2,1H3/t22-,23+,30-,31-/m1/s1. The zero-order chi connectivity index (χ0) is 35.8. The molecule has 0 unspecified atom stereocenters. The Hall–Kier alpha value is -3.71. The number of hydrogen-bond donors (Lipinski definition) is 0. The van der Waals surface area contributed by atoms with Crippen LogP contribution in [0.25, 0.3) is 0 Å². The number of hydrogen-bond acceptors (Lipinski definition) is 8. The maximum absolute atomic E-state index is 14.1. The van der Waals surface area contributed by atoms with Crippen molar-refractivity contribution < 1.29 is 33.6 Å². The van der Waals surface area contributed by atoms with Crippen molar-refractivity contribution in [2.24, 2.45) is 11.8 Å². The first-order chi connectivity index (χ1) is 23.0. The number of halogens is 6. The minimum absolute atomic E-state index is 0.00640. The van der Waals surface area contributed by atoms with Crippen LogP contribution in [-0.4, -0.2) is 65.0 Å². The predicted octanol–water partition coefficient (Wildman–Crippen LogP) is 6.81. The van der Waals surface area contributed by atoms with E-state index in [0.29, 0.717) is 15.6 Å². The summed E-state index contributed by atoms with van der Waals surface area (Å²) in [5.41, 5.74) is 0.711. The van der Waals surface area contributed by atoms with Crippen LogP contribution in [0.15, 0.2) is 82.9 Å². The molecule has 1 saturated heterocycles. The SMILES string of the molecule is Cc1ccc(C(=O)Oc2ccc(C(=O)CN(C(=O)c3ccc([N+](=O)[O-])cc3)N3C(=O)[C@@H]4[C@H](C3=O)[C@@]3(Cl)C(Cl)=C(Cl)[C@@]4(Cl)C3(Cl)Cl)cc2)cc1. The summed E-state index contributed by atoms with van der Waals surface area (Å²) in [6, 6.07) is 16.3. The molecular weight excluding hydrogens is 767 g/mol. The molecule has 2 bridgehead atoms. The van der Waals surface area contributed by atoms with E-state index in [1.807, 2.05) is 6.92 Å². The summed E-state index contributed by atoms with van der Waals surface area (Å²) in [6.07, 6.45) is 0. The molecule has 3 aromatic carbocycles. The van der Waals surface area contributed by atoms with Crippen molar-refractivity contribution in [3.63, 3.8) is 0 Å². The number of rotatable bonds is 8. The first-order valence-corrected chi connectivity index (χ1v) is 16.4. The van der Waals surface area contributed by atoms with Gasteiger partial charge in [-0.15, -0.1) is 23.2 Å². The number of allylic oxidation sites excluding steroid dienone is 2. The number of ether oxygens (including phenoxy) is 1. The number of nitro groups is 1. The average molecular weight is 786 g/mol. The third-order valence-electron chi connectivity index (χ3n) is 8.65. The fourth-order valence-electron chi connectivity index (χ4n) is 6.12. The molecule has 2 aliphatic carbocycles. The van der Waals surface area contributed by atoms with Gasteiger partial charge in [0.2, 0.25) is 0 Å². The maximum Gasteiger partial charge on any atom is 0.343 e. The third-order valence-corrected chi connectivity index (χ3v) is 12.9. The van der Waals surface area contributed by atoms with Crippen LogP contribution in [-0.2, 0) is 9.59 Å². The molecule has 0 aromatic heterocycles. The Morgan fingerprint density at radius 1 is 0.796 bits per heavy atom. The predicted molar refractivity (Wildman–Crippen MR) is 180 cm³/mol. The highest BCUT2D eigenvalue weighted by molar-refractivity contribution is 6.66. The van der Waals surface area contributed by atoms with E-state index >= 15 is 0 Å². The number of nitrogens with zero attached hydrogens (tertiary/aromatic N) is 3. The van der Waals surface area contributed by atoms with Gasteiger partial charge in [0, 0.05) is 23.3 Å². The number of alkyl halides is 4. The van der Waals surface area contributed by atoms with Crippen LogP contribution < -0.4 is 4.74 Å². The fraction of sp³-hybridized carbons (Fsp3) is 0.219. The van der Waals surface area contributed by atoms with Gasteiger partial charge in [0.15, 0.2) is 10.1 Å². The fourth-order valence-corrected chi connectivity index (χ4v) is 9.05. The van der Waals surface area contributed by atoms with Crippen LogP contribution in [0.1, 0.15) is 36.6 Å². The van der Waals surface area contributed by atoms with E-state index in [0.717, 1.165) is 29.8 Å². The third kappa shape index (κ3) is 5.13. The monoisotopic (exact) mass is 783 g/mol. The largest absolute Gasteiger partial charge is 0.423 e. The van der Waals surface area contributed by atoms with Crippen LogP contribution >= 0.6 is 69.6 Å². The maximum atomic E-state index is 14.1. The number of carbonyl (C=O) groups is 5. The first kappa shape index (κ1) is 35.1. The minimum Gasteiger partial charge on any atom is -0.423 e. The molecule has 49 heavy (non-hydrogen) atoms. The van der Waals surface area contributed by atoms with Crippen molar-refractivity contribution >= 4 is 105 Å². The van der Waals surface area contributed by atoms with Crippen molar-refractivity contribution in [2.75, 3.05) is 6.54 Å². The highest BCUT2D eigenvalue weighted by Gasteiger charge is 2.88. The van der Waals surface area contributed by atoms with Crippen LogP contribution in [0.5, 0.6) is 5.75 Å². The van der Waals surface area contributed by atoms with E-state index in [2.05, 4.69) is 0 Å². The Morgan fingerprint density at radius 2 is 1.27 bits per heavy atom. The number of non-ortho nitro benzene ring substituents is 1. The number of amides is 3. The van der Waals surface area contributed by atoms with Crippen molar-refractivity contribution in [2.45, 2.75) is 21.0 Å². The second-order valence-electron chi connectivity index (χ2n) is 11.4. The van der Waals surface area contributed by atoms with Gasteiger partial charge in [-0.3, -0.25) is 29.3 Å². The Kier molecular flexibility index (Phi) is 8.79. The number of benzene rings is 3. The van der Waals surface area contributed by atoms with E-state index in [-0.39, 0.29) is 32.6 Å². The molecule has 252 valence electrons. The second-order valence-corrected chi connectivity index (χ2v) is 14.7. The van der Waals surface area contributed by atoms with Crippen molar-refractivity contribution in [1.82, 2.24) is 10.0 Å². The lowest BCUT2D eigenvalue weighted by Crippen LogP contribution is -2.56. The summed E-state index contributed by atoms with van der Waals surface area (Å²) in [5, 5.41) is 11.5. The topological polar surface area (TPSA) is 144 Å². The number of nitro benzene ring substituents is 1.